The Bertz CT molecular complexity index is 442. The Morgan fingerprint density at radius 3 is 2.71 bits per heavy atom. The van der Waals surface area contributed by atoms with Crippen LogP contribution in [0.2, 0.25) is 0 Å². The summed E-state index contributed by atoms with van der Waals surface area (Å²) in [4.78, 5) is 38.2. The number of carboxylic acid groups (broad SMARTS) is 1. The van der Waals surface area contributed by atoms with E-state index in [9.17, 15) is 14.4 Å². The minimum atomic E-state index is -1.27. The number of piperazine rings is 1. The first-order valence-corrected chi connectivity index (χ1v) is 7.20. The van der Waals surface area contributed by atoms with Gasteiger partial charge in [0.15, 0.2) is 0 Å². The standard InChI is InChI=1S/C13H22N4O4/c1-8-6-16-4-2-3-9(16)7-17(8)13(21)15-10(12(19)20)5-11(14)18/h8-10H,2-7H2,1H3,(H2,14,18)(H,15,21)(H,19,20)/t8?,9?,10-/m1/s1. The van der Waals surface area contributed by atoms with Crippen LogP contribution in [0.5, 0.6) is 0 Å². The average Bonchev–Trinajstić information content (AvgIpc) is 2.83. The minimum absolute atomic E-state index is 0.0161. The lowest BCUT2D eigenvalue weighted by atomic mass is 10.1. The number of nitrogens with one attached hydrogen (secondary N) is 1. The monoisotopic (exact) mass is 298 g/mol. The van der Waals surface area contributed by atoms with Crippen molar-refractivity contribution in [2.24, 2.45) is 5.73 Å². The minimum Gasteiger partial charge on any atom is -0.480 e. The second-order valence-corrected chi connectivity index (χ2v) is 5.80. The van der Waals surface area contributed by atoms with Crippen LogP contribution in [0.3, 0.4) is 0 Å². The third-order valence-electron chi connectivity index (χ3n) is 4.20. The second kappa shape index (κ2) is 6.30. The number of nitrogens with zero attached hydrogens (tertiary/aromatic N) is 2. The summed E-state index contributed by atoms with van der Waals surface area (Å²) in [6.45, 7) is 4.39. The highest BCUT2D eigenvalue weighted by atomic mass is 16.4. The van der Waals surface area contributed by atoms with Gasteiger partial charge in [-0.15, -0.1) is 0 Å². The first-order chi connectivity index (χ1) is 9.88. The Morgan fingerprint density at radius 2 is 2.10 bits per heavy atom. The van der Waals surface area contributed by atoms with Crippen molar-refractivity contribution in [2.75, 3.05) is 19.6 Å². The number of fused-ring (bicyclic) bond motifs is 1. The van der Waals surface area contributed by atoms with E-state index in [0.717, 1.165) is 25.9 Å². The molecule has 0 saturated carbocycles. The molecule has 4 N–H and O–H groups in total. The van der Waals surface area contributed by atoms with Gasteiger partial charge in [0, 0.05) is 25.2 Å². The molecular formula is C13H22N4O4. The quantitative estimate of drug-likeness (QED) is 0.628. The molecular weight excluding hydrogens is 276 g/mol. The van der Waals surface area contributed by atoms with Crippen LogP contribution in [0.4, 0.5) is 4.79 Å². The van der Waals surface area contributed by atoms with E-state index >= 15 is 0 Å². The smallest absolute Gasteiger partial charge is 0.326 e. The van der Waals surface area contributed by atoms with Crippen LogP contribution < -0.4 is 11.1 Å². The molecule has 2 unspecified atom stereocenters. The van der Waals surface area contributed by atoms with Crippen molar-refractivity contribution in [3.05, 3.63) is 0 Å². The molecule has 3 atom stereocenters. The van der Waals surface area contributed by atoms with Gasteiger partial charge in [-0.05, 0) is 26.3 Å². The van der Waals surface area contributed by atoms with Gasteiger partial charge in [0.05, 0.1) is 6.42 Å². The summed E-state index contributed by atoms with van der Waals surface area (Å²) in [5.41, 5.74) is 5.01. The normalized spacial score (nSPS) is 27.0. The van der Waals surface area contributed by atoms with E-state index in [1.807, 2.05) is 6.92 Å². The van der Waals surface area contributed by atoms with E-state index in [-0.39, 0.29) is 6.04 Å². The Kier molecular flexibility index (Phi) is 4.66. The molecule has 0 radical (unpaired) electrons. The van der Waals surface area contributed by atoms with E-state index in [0.29, 0.717) is 12.6 Å². The lowest BCUT2D eigenvalue weighted by Gasteiger charge is -2.42. The highest BCUT2D eigenvalue weighted by molar-refractivity contribution is 5.87. The van der Waals surface area contributed by atoms with Crippen molar-refractivity contribution in [3.8, 4) is 0 Å². The first-order valence-electron chi connectivity index (χ1n) is 7.20. The van der Waals surface area contributed by atoms with Gasteiger partial charge in [-0.3, -0.25) is 9.69 Å². The van der Waals surface area contributed by atoms with E-state index in [4.69, 9.17) is 10.8 Å². The topological polar surface area (TPSA) is 116 Å². The van der Waals surface area contributed by atoms with Gasteiger partial charge in [0.2, 0.25) is 5.91 Å². The van der Waals surface area contributed by atoms with Gasteiger partial charge in [0.1, 0.15) is 6.04 Å². The number of urea groups is 1. The van der Waals surface area contributed by atoms with Gasteiger partial charge in [-0.1, -0.05) is 0 Å². The molecule has 2 heterocycles. The number of hydrogen-bond donors (Lipinski definition) is 3. The predicted octanol–water partition coefficient (Wildman–Crippen LogP) is -0.807. The van der Waals surface area contributed by atoms with E-state index < -0.39 is 30.4 Å². The van der Waals surface area contributed by atoms with Crippen LogP contribution in [0.15, 0.2) is 0 Å². The van der Waals surface area contributed by atoms with Crippen LogP contribution in [0, 0.1) is 0 Å². The van der Waals surface area contributed by atoms with Gasteiger partial charge in [0.25, 0.3) is 0 Å². The molecule has 21 heavy (non-hydrogen) atoms. The lowest BCUT2D eigenvalue weighted by Crippen LogP contribution is -2.60. The molecule has 0 aromatic rings. The third-order valence-corrected chi connectivity index (χ3v) is 4.20. The zero-order valence-corrected chi connectivity index (χ0v) is 12.1. The van der Waals surface area contributed by atoms with Crippen molar-refractivity contribution >= 4 is 17.9 Å². The van der Waals surface area contributed by atoms with Crippen LogP contribution >= 0.6 is 0 Å². The summed E-state index contributed by atoms with van der Waals surface area (Å²) in [6.07, 6.45) is 1.78. The molecule has 0 aromatic carbocycles. The fraction of sp³-hybridized carbons (Fsp3) is 0.769. The first kappa shape index (κ1) is 15.6. The molecule has 0 aliphatic carbocycles. The highest BCUT2D eigenvalue weighted by Crippen LogP contribution is 2.24. The molecule has 0 spiro atoms. The number of hydrogen-bond acceptors (Lipinski definition) is 4. The van der Waals surface area contributed by atoms with Crippen LogP contribution in [-0.4, -0.2) is 70.6 Å². The van der Waals surface area contributed by atoms with Gasteiger partial charge >= 0.3 is 12.0 Å². The van der Waals surface area contributed by atoms with Crippen molar-refractivity contribution in [2.45, 2.75) is 44.3 Å². The molecule has 2 aliphatic heterocycles. The number of primary amides is 1. The Labute approximate surface area is 123 Å². The van der Waals surface area contributed by atoms with Gasteiger partial charge < -0.3 is 21.1 Å². The molecule has 0 aromatic heterocycles. The number of rotatable bonds is 4. The van der Waals surface area contributed by atoms with Crippen molar-refractivity contribution in [1.82, 2.24) is 15.1 Å². The number of aliphatic carboxylic acids is 1. The van der Waals surface area contributed by atoms with Crippen molar-refractivity contribution in [3.63, 3.8) is 0 Å². The summed E-state index contributed by atoms with van der Waals surface area (Å²) in [5, 5.41) is 11.4. The number of carbonyl (C=O) groups is 3. The second-order valence-electron chi connectivity index (χ2n) is 5.80. The number of carbonyl (C=O) groups excluding carboxylic acids is 2. The molecule has 0 bridgehead atoms. The maximum atomic E-state index is 12.3. The predicted molar refractivity (Wildman–Crippen MR) is 74.5 cm³/mol. The number of nitrogens with two attached hydrogens (primary N) is 1. The average molecular weight is 298 g/mol. The SMILES string of the molecule is CC1CN2CCCC2CN1C(=O)N[C@H](CC(N)=O)C(=O)O. The summed E-state index contributed by atoms with van der Waals surface area (Å²) in [6, 6.07) is -1.35. The van der Waals surface area contributed by atoms with Crippen LogP contribution in [-0.2, 0) is 9.59 Å². The molecule has 2 fully saturated rings. The van der Waals surface area contributed by atoms with E-state index in [2.05, 4.69) is 10.2 Å². The summed E-state index contributed by atoms with van der Waals surface area (Å²) in [7, 11) is 0. The molecule has 118 valence electrons. The van der Waals surface area contributed by atoms with Gasteiger partial charge in [-0.2, -0.15) is 0 Å². The summed E-state index contributed by atoms with van der Waals surface area (Å²) >= 11 is 0. The number of carboxylic acids is 1. The summed E-state index contributed by atoms with van der Waals surface area (Å²) in [5.74, 6) is -2.01. The maximum Gasteiger partial charge on any atom is 0.326 e. The molecule has 2 aliphatic rings. The zero-order valence-electron chi connectivity index (χ0n) is 12.1. The Hall–Kier alpha value is -1.83. The third kappa shape index (κ3) is 3.63. The van der Waals surface area contributed by atoms with Crippen molar-refractivity contribution in [1.29, 1.82) is 0 Å². The molecule has 2 rings (SSSR count). The molecule has 8 nitrogen and oxygen atoms in total. The lowest BCUT2D eigenvalue weighted by molar-refractivity contribution is -0.141. The fourth-order valence-corrected chi connectivity index (χ4v) is 3.10. The molecule has 8 heteroatoms. The summed E-state index contributed by atoms with van der Waals surface area (Å²) < 4.78 is 0. The Morgan fingerprint density at radius 1 is 1.38 bits per heavy atom. The van der Waals surface area contributed by atoms with Crippen LogP contribution in [0.25, 0.3) is 0 Å². The van der Waals surface area contributed by atoms with E-state index in [1.54, 1.807) is 4.90 Å². The molecule has 2 saturated heterocycles. The van der Waals surface area contributed by atoms with Crippen LogP contribution in [0.1, 0.15) is 26.2 Å². The van der Waals surface area contributed by atoms with Gasteiger partial charge in [-0.25, -0.2) is 9.59 Å². The largest absolute Gasteiger partial charge is 0.480 e. The van der Waals surface area contributed by atoms with E-state index in [1.165, 1.54) is 0 Å². The Balaban J connectivity index is 1.97. The van der Waals surface area contributed by atoms with Crippen molar-refractivity contribution < 1.29 is 19.5 Å². The maximum absolute atomic E-state index is 12.3. The fourth-order valence-electron chi connectivity index (χ4n) is 3.10. The molecule has 3 amide bonds. The zero-order chi connectivity index (χ0) is 15.6. The number of amides is 3. The highest BCUT2D eigenvalue weighted by Gasteiger charge is 2.37.